The van der Waals surface area contributed by atoms with Gasteiger partial charge in [0.1, 0.15) is 11.9 Å². The van der Waals surface area contributed by atoms with Gasteiger partial charge in [-0.25, -0.2) is 4.79 Å². The second-order valence-electron chi connectivity index (χ2n) is 10.1. The van der Waals surface area contributed by atoms with Crippen molar-refractivity contribution < 1.29 is 24.2 Å². The largest absolute Gasteiger partial charge is 0.480 e. The third kappa shape index (κ3) is 3.88. The maximum atomic E-state index is 13.3. The standard InChI is InChI=1S/C27H28N2O5S/c30-24(31)23-14-29(9-10-35-23)25(32)27-12-16(27)11-17(13-27)28-26(33)34-15-22-20-7-3-1-5-18(20)19-6-2-4-8-21(19)22/h1-8,16-17,22-23H,9-15H2,(H,28,33)(H,30,31)/t16-,17+,23?,27+/m1/s1. The van der Waals surface area contributed by atoms with Crippen LogP contribution in [0.3, 0.4) is 0 Å². The minimum absolute atomic E-state index is 0.0113. The summed E-state index contributed by atoms with van der Waals surface area (Å²) in [6, 6.07) is 16.4. The molecule has 1 aliphatic heterocycles. The first-order valence-corrected chi connectivity index (χ1v) is 13.3. The van der Waals surface area contributed by atoms with Crippen LogP contribution < -0.4 is 5.32 Å². The van der Waals surface area contributed by atoms with Crippen LogP contribution in [0.15, 0.2) is 48.5 Å². The molecular formula is C27H28N2O5S. The predicted octanol–water partition coefficient (Wildman–Crippen LogP) is 3.72. The van der Waals surface area contributed by atoms with E-state index < -0.39 is 22.7 Å². The number of aliphatic carboxylic acids is 1. The van der Waals surface area contributed by atoms with Gasteiger partial charge >= 0.3 is 12.1 Å². The summed E-state index contributed by atoms with van der Waals surface area (Å²) in [6.45, 7) is 1.12. The molecule has 1 saturated heterocycles. The van der Waals surface area contributed by atoms with E-state index in [1.54, 1.807) is 4.90 Å². The van der Waals surface area contributed by atoms with Crippen molar-refractivity contribution >= 4 is 29.7 Å². The maximum absolute atomic E-state index is 13.3. The molecule has 4 aliphatic rings. The summed E-state index contributed by atoms with van der Waals surface area (Å²) in [5.41, 5.74) is 4.29. The van der Waals surface area contributed by atoms with Gasteiger partial charge in [-0.1, -0.05) is 48.5 Å². The molecule has 8 heteroatoms. The second-order valence-corrected chi connectivity index (χ2v) is 11.4. The quantitative estimate of drug-likeness (QED) is 0.661. The molecule has 6 rings (SSSR count). The molecule has 2 N–H and O–H groups in total. The van der Waals surface area contributed by atoms with Crippen LogP contribution in [-0.2, 0) is 14.3 Å². The Labute approximate surface area is 208 Å². The van der Waals surface area contributed by atoms with Crippen LogP contribution in [0.2, 0.25) is 0 Å². The van der Waals surface area contributed by atoms with E-state index in [-0.39, 0.29) is 36.9 Å². The van der Waals surface area contributed by atoms with Crippen molar-refractivity contribution in [1.29, 1.82) is 0 Å². The Morgan fingerprint density at radius 2 is 1.74 bits per heavy atom. The Bertz CT molecular complexity index is 1160. The van der Waals surface area contributed by atoms with Crippen molar-refractivity contribution in [3.05, 3.63) is 59.7 Å². The Morgan fingerprint density at radius 1 is 1.06 bits per heavy atom. The van der Waals surface area contributed by atoms with E-state index in [0.29, 0.717) is 18.7 Å². The number of ether oxygens (including phenoxy) is 1. The molecule has 0 bridgehead atoms. The minimum Gasteiger partial charge on any atom is -0.480 e. The highest BCUT2D eigenvalue weighted by atomic mass is 32.2. The number of nitrogens with zero attached hydrogens (tertiary/aromatic N) is 1. The highest BCUT2D eigenvalue weighted by molar-refractivity contribution is 8.00. The summed E-state index contributed by atoms with van der Waals surface area (Å²) in [5, 5.41) is 11.8. The number of hydrogen-bond donors (Lipinski definition) is 2. The van der Waals surface area contributed by atoms with E-state index in [0.717, 1.165) is 12.8 Å². The van der Waals surface area contributed by atoms with Crippen LogP contribution in [0.5, 0.6) is 0 Å². The maximum Gasteiger partial charge on any atom is 0.407 e. The van der Waals surface area contributed by atoms with Crippen LogP contribution in [-0.4, -0.2) is 64.7 Å². The van der Waals surface area contributed by atoms with Gasteiger partial charge in [0, 0.05) is 30.8 Å². The molecule has 0 radical (unpaired) electrons. The zero-order chi connectivity index (χ0) is 24.2. The van der Waals surface area contributed by atoms with Crippen LogP contribution in [0.1, 0.15) is 36.3 Å². The van der Waals surface area contributed by atoms with Crippen molar-refractivity contribution in [2.24, 2.45) is 11.3 Å². The number of carbonyl (C=O) groups is 3. The van der Waals surface area contributed by atoms with Crippen molar-refractivity contribution in [2.45, 2.75) is 36.5 Å². The van der Waals surface area contributed by atoms with Crippen molar-refractivity contribution in [3.8, 4) is 11.1 Å². The zero-order valence-electron chi connectivity index (χ0n) is 19.3. The number of rotatable bonds is 5. The van der Waals surface area contributed by atoms with E-state index in [2.05, 4.69) is 29.6 Å². The fourth-order valence-electron chi connectivity index (χ4n) is 6.37. The lowest BCUT2D eigenvalue weighted by Gasteiger charge is -2.33. The zero-order valence-corrected chi connectivity index (χ0v) is 20.1. The Morgan fingerprint density at radius 3 is 2.43 bits per heavy atom. The molecular weight excluding hydrogens is 464 g/mol. The number of amides is 2. The summed E-state index contributed by atoms with van der Waals surface area (Å²) in [4.78, 5) is 39.1. The highest BCUT2D eigenvalue weighted by Gasteiger charge is 2.66. The van der Waals surface area contributed by atoms with Gasteiger partial charge in [-0.3, -0.25) is 9.59 Å². The SMILES string of the molecule is O=C(N[C@H]1C[C@@H]2C[C@]2(C(=O)N2CCSC(C(=O)O)C2)C1)OCC1c2ccccc2-c2ccccc21. The number of hydrogen-bond acceptors (Lipinski definition) is 5. The Balaban J connectivity index is 1.06. The van der Waals surface area contributed by atoms with Crippen LogP contribution in [0.4, 0.5) is 4.79 Å². The van der Waals surface area contributed by atoms with Gasteiger partial charge < -0.3 is 20.1 Å². The summed E-state index contributed by atoms with van der Waals surface area (Å²) in [6.07, 6.45) is 1.75. The first kappa shape index (κ1) is 22.5. The van der Waals surface area contributed by atoms with Gasteiger partial charge in [-0.15, -0.1) is 11.8 Å². The third-order valence-electron chi connectivity index (χ3n) is 8.13. The normalized spacial score (nSPS) is 28.6. The molecule has 1 heterocycles. The third-order valence-corrected chi connectivity index (χ3v) is 9.30. The van der Waals surface area contributed by atoms with E-state index in [1.165, 1.54) is 34.0 Å². The number of benzene rings is 2. The van der Waals surface area contributed by atoms with Crippen molar-refractivity contribution in [2.75, 3.05) is 25.4 Å². The molecule has 0 aromatic heterocycles. The van der Waals surface area contributed by atoms with E-state index in [1.807, 2.05) is 24.3 Å². The molecule has 3 fully saturated rings. The topological polar surface area (TPSA) is 95.9 Å². The van der Waals surface area contributed by atoms with Crippen LogP contribution in [0, 0.1) is 11.3 Å². The van der Waals surface area contributed by atoms with E-state index in [4.69, 9.17) is 4.74 Å². The van der Waals surface area contributed by atoms with Crippen molar-refractivity contribution in [3.63, 3.8) is 0 Å². The van der Waals surface area contributed by atoms with Gasteiger partial charge in [0.2, 0.25) is 5.91 Å². The summed E-state index contributed by atoms with van der Waals surface area (Å²) >= 11 is 1.40. The lowest BCUT2D eigenvalue weighted by Crippen LogP contribution is -2.48. The number of carbonyl (C=O) groups excluding carboxylic acids is 2. The van der Waals surface area contributed by atoms with Gasteiger partial charge in [0.25, 0.3) is 0 Å². The molecule has 182 valence electrons. The molecule has 2 aromatic carbocycles. The summed E-state index contributed by atoms with van der Waals surface area (Å²) in [5.74, 6) is 0.110. The molecule has 35 heavy (non-hydrogen) atoms. The Hall–Kier alpha value is -3.00. The van der Waals surface area contributed by atoms with Gasteiger partial charge in [-0.2, -0.15) is 0 Å². The molecule has 2 saturated carbocycles. The smallest absolute Gasteiger partial charge is 0.407 e. The van der Waals surface area contributed by atoms with Gasteiger partial charge in [0.05, 0.1) is 5.41 Å². The number of fused-ring (bicyclic) bond motifs is 4. The lowest BCUT2D eigenvalue weighted by atomic mass is 9.98. The van der Waals surface area contributed by atoms with E-state index >= 15 is 0 Å². The average Bonchev–Trinajstić information content (AvgIpc) is 3.30. The first-order valence-electron chi connectivity index (χ1n) is 12.2. The molecule has 3 aliphatic carbocycles. The number of nitrogens with one attached hydrogen (secondary N) is 1. The summed E-state index contributed by atoms with van der Waals surface area (Å²) in [7, 11) is 0. The van der Waals surface area contributed by atoms with Crippen LogP contribution in [0.25, 0.3) is 11.1 Å². The molecule has 0 spiro atoms. The van der Waals surface area contributed by atoms with Gasteiger partial charge in [-0.05, 0) is 47.4 Å². The number of alkyl carbamates (subject to hydrolysis) is 1. The molecule has 2 aromatic rings. The van der Waals surface area contributed by atoms with Crippen LogP contribution >= 0.6 is 11.8 Å². The number of carboxylic acids is 1. The number of thioether (sulfide) groups is 1. The fraction of sp³-hybridized carbons (Fsp3) is 0.444. The Kier molecular flexibility index (Phi) is 5.51. The number of carboxylic acid groups (broad SMARTS) is 1. The van der Waals surface area contributed by atoms with E-state index in [9.17, 15) is 19.5 Å². The predicted molar refractivity (Wildman–Crippen MR) is 132 cm³/mol. The van der Waals surface area contributed by atoms with Gasteiger partial charge in [0.15, 0.2) is 0 Å². The average molecular weight is 493 g/mol. The minimum atomic E-state index is -0.862. The molecule has 1 unspecified atom stereocenters. The lowest BCUT2D eigenvalue weighted by molar-refractivity contribution is -0.140. The molecule has 2 amide bonds. The summed E-state index contributed by atoms with van der Waals surface area (Å²) < 4.78 is 5.69. The second kappa shape index (κ2) is 8.59. The fourth-order valence-corrected chi connectivity index (χ4v) is 7.41. The first-order chi connectivity index (χ1) is 17.0. The highest BCUT2D eigenvalue weighted by Crippen LogP contribution is 2.64. The molecule has 7 nitrogen and oxygen atoms in total. The molecule has 4 atom stereocenters. The monoisotopic (exact) mass is 492 g/mol. The van der Waals surface area contributed by atoms with Crippen molar-refractivity contribution in [1.82, 2.24) is 10.2 Å².